The van der Waals surface area contributed by atoms with Crippen LogP contribution in [0.3, 0.4) is 0 Å². The van der Waals surface area contributed by atoms with E-state index in [2.05, 4.69) is 4.74 Å². The van der Waals surface area contributed by atoms with Gasteiger partial charge in [0.05, 0.1) is 6.61 Å². The Morgan fingerprint density at radius 2 is 1.56 bits per heavy atom. The number of halogens is 7. The van der Waals surface area contributed by atoms with Crippen LogP contribution in [0.15, 0.2) is 0 Å². The summed E-state index contributed by atoms with van der Waals surface area (Å²) in [6.45, 7) is 1.07. The van der Waals surface area contributed by atoms with Gasteiger partial charge in [0, 0.05) is 0 Å². The van der Waals surface area contributed by atoms with Gasteiger partial charge >= 0.3 is 11.8 Å². The topological polar surface area (TPSA) is 9.23 Å². The van der Waals surface area contributed by atoms with E-state index in [0.29, 0.717) is 6.42 Å². The molecule has 0 aliphatic carbocycles. The van der Waals surface area contributed by atoms with Gasteiger partial charge < -0.3 is 4.74 Å². The van der Waals surface area contributed by atoms with Crippen molar-refractivity contribution in [2.45, 2.75) is 44.4 Å². The molecule has 0 fully saturated rings. The number of ether oxygens (including phenoxy) is 1. The van der Waals surface area contributed by atoms with Crippen LogP contribution in [0.2, 0.25) is 0 Å². The van der Waals surface area contributed by atoms with Crippen molar-refractivity contribution >= 4 is 0 Å². The van der Waals surface area contributed by atoms with Gasteiger partial charge in [-0.1, -0.05) is 13.3 Å². The molecule has 0 amide bonds. The summed E-state index contributed by atoms with van der Waals surface area (Å²) in [6.07, 6.45) is -13.7. The first kappa shape index (κ1) is 15.5. The molecule has 0 bridgehead atoms. The number of hydrogen-bond donors (Lipinski definition) is 0. The van der Waals surface area contributed by atoms with Crippen LogP contribution in [-0.4, -0.2) is 31.2 Å². The van der Waals surface area contributed by atoms with Crippen molar-refractivity contribution in [3.63, 3.8) is 0 Å². The Morgan fingerprint density at radius 3 is 1.88 bits per heavy atom. The zero-order valence-electron chi connectivity index (χ0n) is 8.33. The van der Waals surface area contributed by atoms with Crippen molar-refractivity contribution in [1.82, 2.24) is 0 Å². The fourth-order valence-electron chi connectivity index (χ4n) is 0.804. The normalized spacial score (nSPS) is 18.6. The Morgan fingerprint density at radius 1 is 1.06 bits per heavy atom. The largest absolute Gasteiger partial charge is 0.433 e. The van der Waals surface area contributed by atoms with Gasteiger partial charge in [-0.3, -0.25) is 0 Å². The number of rotatable bonds is 6. The van der Waals surface area contributed by atoms with E-state index in [1.165, 1.54) is 0 Å². The minimum absolute atomic E-state index is 0.150. The Hall–Kier alpha value is -0.530. The van der Waals surface area contributed by atoms with Gasteiger partial charge in [0.2, 0.25) is 6.36 Å². The van der Waals surface area contributed by atoms with Crippen LogP contribution in [0, 0.1) is 0 Å². The van der Waals surface area contributed by atoms with Gasteiger partial charge in [-0.15, -0.1) is 0 Å². The molecule has 0 N–H and O–H groups in total. The molecule has 0 aromatic carbocycles. The molecule has 16 heavy (non-hydrogen) atoms. The molecule has 98 valence electrons. The van der Waals surface area contributed by atoms with E-state index in [-0.39, 0.29) is 6.42 Å². The quantitative estimate of drug-likeness (QED) is 0.520. The molecular formula is C8H11F7O. The average Bonchev–Trinajstić information content (AvgIpc) is 2.14. The molecule has 0 radical (unpaired) electrons. The minimum atomic E-state index is -6.02. The maximum Gasteiger partial charge on any atom is 0.433 e. The highest BCUT2D eigenvalue weighted by atomic mass is 19.4. The predicted molar refractivity (Wildman–Crippen MR) is 41.7 cm³/mol. The molecular weight excluding hydrogens is 245 g/mol. The summed E-state index contributed by atoms with van der Waals surface area (Å²) in [7, 11) is 0. The van der Waals surface area contributed by atoms with Crippen molar-refractivity contribution in [3.8, 4) is 0 Å². The van der Waals surface area contributed by atoms with Gasteiger partial charge in [0.25, 0.3) is 6.43 Å². The number of alkyl halides is 7. The van der Waals surface area contributed by atoms with Crippen LogP contribution in [0.5, 0.6) is 0 Å². The van der Waals surface area contributed by atoms with E-state index in [1.54, 1.807) is 6.92 Å². The second kappa shape index (κ2) is 5.70. The lowest BCUT2D eigenvalue weighted by Crippen LogP contribution is -2.55. The molecule has 0 saturated heterocycles. The van der Waals surface area contributed by atoms with Crippen LogP contribution in [0.4, 0.5) is 30.7 Å². The summed E-state index contributed by atoms with van der Waals surface area (Å²) in [5, 5.41) is 0. The molecule has 0 aliphatic rings. The molecule has 0 heterocycles. The van der Waals surface area contributed by atoms with E-state index in [4.69, 9.17) is 0 Å². The van der Waals surface area contributed by atoms with Gasteiger partial charge in [-0.25, -0.2) is 17.6 Å². The SMILES string of the molecule is CCCCOC(F)C(F)(C(F)F)C(F)(F)F. The van der Waals surface area contributed by atoms with Crippen molar-refractivity contribution in [2.75, 3.05) is 6.61 Å². The van der Waals surface area contributed by atoms with Crippen molar-refractivity contribution in [3.05, 3.63) is 0 Å². The third-order valence-corrected chi connectivity index (χ3v) is 1.84. The maximum atomic E-state index is 12.9. The molecule has 2 atom stereocenters. The monoisotopic (exact) mass is 256 g/mol. The van der Waals surface area contributed by atoms with Crippen molar-refractivity contribution in [2.24, 2.45) is 0 Å². The first-order valence-corrected chi connectivity index (χ1v) is 4.47. The highest BCUT2D eigenvalue weighted by Gasteiger charge is 2.69. The Labute approximate surface area is 87.6 Å². The number of hydrogen-bond acceptors (Lipinski definition) is 1. The molecule has 0 saturated carbocycles. The summed E-state index contributed by atoms with van der Waals surface area (Å²) >= 11 is 0. The van der Waals surface area contributed by atoms with Crippen LogP contribution in [-0.2, 0) is 4.74 Å². The smallest absolute Gasteiger partial charge is 0.345 e. The molecule has 0 rings (SSSR count). The zero-order valence-corrected chi connectivity index (χ0v) is 8.33. The molecule has 0 aromatic heterocycles. The van der Waals surface area contributed by atoms with Crippen LogP contribution < -0.4 is 0 Å². The zero-order chi connectivity index (χ0) is 13.0. The van der Waals surface area contributed by atoms with E-state index in [9.17, 15) is 30.7 Å². The summed E-state index contributed by atoms with van der Waals surface area (Å²) in [6, 6.07) is 0. The van der Waals surface area contributed by atoms with Gasteiger partial charge in [-0.05, 0) is 6.42 Å². The van der Waals surface area contributed by atoms with Gasteiger partial charge in [-0.2, -0.15) is 13.2 Å². The fourth-order valence-corrected chi connectivity index (χ4v) is 0.804. The lowest BCUT2D eigenvalue weighted by molar-refractivity contribution is -0.323. The van der Waals surface area contributed by atoms with Crippen LogP contribution in [0.1, 0.15) is 19.8 Å². The van der Waals surface area contributed by atoms with E-state index >= 15 is 0 Å². The predicted octanol–water partition coefficient (Wildman–Crippen LogP) is 3.63. The first-order chi connectivity index (χ1) is 7.17. The maximum absolute atomic E-state index is 12.9. The fraction of sp³-hybridized carbons (Fsp3) is 1.00. The molecule has 0 aliphatic heterocycles. The molecule has 8 heteroatoms. The average molecular weight is 256 g/mol. The van der Waals surface area contributed by atoms with Crippen molar-refractivity contribution < 1.29 is 35.5 Å². The summed E-state index contributed by atoms with van der Waals surface area (Å²) < 4.78 is 89.1. The second-order valence-corrected chi connectivity index (χ2v) is 3.11. The lowest BCUT2D eigenvalue weighted by atomic mass is 10.1. The first-order valence-electron chi connectivity index (χ1n) is 4.47. The highest BCUT2D eigenvalue weighted by molar-refractivity contribution is 4.93. The lowest BCUT2D eigenvalue weighted by Gasteiger charge is -2.29. The molecule has 2 unspecified atom stereocenters. The summed E-state index contributed by atoms with van der Waals surface area (Å²) in [5.74, 6) is 0. The van der Waals surface area contributed by atoms with Crippen LogP contribution in [0.25, 0.3) is 0 Å². The Bertz CT molecular complexity index is 205. The molecule has 0 aromatic rings. The van der Waals surface area contributed by atoms with Gasteiger partial charge in [0.15, 0.2) is 0 Å². The Balaban J connectivity index is 4.66. The van der Waals surface area contributed by atoms with Crippen LogP contribution >= 0.6 is 0 Å². The summed E-state index contributed by atoms with van der Waals surface area (Å²) in [5.41, 5.74) is -5.28. The Kier molecular flexibility index (Phi) is 5.51. The molecule has 1 nitrogen and oxygen atoms in total. The van der Waals surface area contributed by atoms with E-state index in [1.807, 2.05) is 0 Å². The highest BCUT2D eigenvalue weighted by Crippen LogP contribution is 2.43. The third kappa shape index (κ3) is 3.23. The minimum Gasteiger partial charge on any atom is -0.345 e. The molecule has 0 spiro atoms. The van der Waals surface area contributed by atoms with E-state index < -0.39 is 31.2 Å². The van der Waals surface area contributed by atoms with Crippen molar-refractivity contribution in [1.29, 1.82) is 0 Å². The van der Waals surface area contributed by atoms with E-state index in [0.717, 1.165) is 0 Å². The third-order valence-electron chi connectivity index (χ3n) is 1.84. The van der Waals surface area contributed by atoms with Gasteiger partial charge in [0.1, 0.15) is 0 Å². The number of unbranched alkanes of at least 4 members (excludes halogenated alkanes) is 1. The standard InChI is InChI=1S/C8H11F7O/c1-2-3-4-16-6(11)7(12,5(9)10)8(13,14)15/h5-6H,2-4H2,1H3. The second-order valence-electron chi connectivity index (χ2n) is 3.11. The summed E-state index contributed by atoms with van der Waals surface area (Å²) in [4.78, 5) is 0.